The third kappa shape index (κ3) is 4.99. The zero-order valence-electron chi connectivity index (χ0n) is 13.5. The molecule has 0 radical (unpaired) electrons. The second-order valence-corrected chi connectivity index (χ2v) is 6.34. The molecule has 0 atom stereocenters. The van der Waals surface area contributed by atoms with Crippen molar-refractivity contribution in [2.24, 2.45) is 0 Å². The molecule has 1 aliphatic rings. The summed E-state index contributed by atoms with van der Waals surface area (Å²) in [5.41, 5.74) is 1.96. The number of hydrogen-bond donors (Lipinski definition) is 1. The van der Waals surface area contributed by atoms with Crippen molar-refractivity contribution in [3.63, 3.8) is 0 Å². The Balaban J connectivity index is 2.11. The van der Waals surface area contributed by atoms with Crippen molar-refractivity contribution >= 4 is 5.69 Å². The molecule has 0 aliphatic carbocycles. The molecule has 1 N–H and O–H groups in total. The smallest absolute Gasteiger partial charge is 0.0718 e. The van der Waals surface area contributed by atoms with Gasteiger partial charge in [-0.25, -0.2) is 0 Å². The summed E-state index contributed by atoms with van der Waals surface area (Å²) in [5, 5.41) is 10.0. The van der Waals surface area contributed by atoms with Gasteiger partial charge < -0.3 is 14.7 Å². The third-order valence-electron chi connectivity index (χ3n) is 3.80. The van der Waals surface area contributed by atoms with Crippen LogP contribution in [0.3, 0.4) is 0 Å². The quantitative estimate of drug-likeness (QED) is 0.871. The third-order valence-corrected chi connectivity index (χ3v) is 3.80. The van der Waals surface area contributed by atoms with Gasteiger partial charge in [-0.05, 0) is 32.0 Å². The van der Waals surface area contributed by atoms with E-state index >= 15 is 0 Å². The molecule has 4 heteroatoms. The van der Waals surface area contributed by atoms with Gasteiger partial charge in [0.25, 0.3) is 0 Å². The number of benzene rings is 1. The molecule has 1 saturated heterocycles. The van der Waals surface area contributed by atoms with Crippen LogP contribution in [0.2, 0.25) is 0 Å². The van der Waals surface area contributed by atoms with E-state index in [1.807, 2.05) is 13.8 Å². The van der Waals surface area contributed by atoms with Crippen LogP contribution < -0.4 is 4.90 Å². The molecule has 1 aromatic carbocycles. The molecule has 0 bridgehead atoms. The molecule has 0 unspecified atom stereocenters. The van der Waals surface area contributed by atoms with E-state index in [1.165, 1.54) is 11.3 Å². The van der Waals surface area contributed by atoms with E-state index in [0.29, 0.717) is 6.54 Å². The number of rotatable bonds is 6. The molecular weight excluding hydrogens is 264 g/mol. The van der Waals surface area contributed by atoms with Crippen molar-refractivity contribution in [1.29, 1.82) is 0 Å². The zero-order valence-corrected chi connectivity index (χ0v) is 13.5. The highest BCUT2D eigenvalue weighted by Gasteiger charge is 2.20. The van der Waals surface area contributed by atoms with Crippen LogP contribution in [0.1, 0.15) is 26.3 Å². The Morgan fingerprint density at radius 2 is 1.90 bits per heavy atom. The fraction of sp³-hybridized carbons (Fsp3) is 0.647. The number of hydrogen-bond acceptors (Lipinski definition) is 4. The van der Waals surface area contributed by atoms with Gasteiger partial charge in [0.05, 0.1) is 18.8 Å². The number of ether oxygens (including phenoxy) is 1. The fourth-order valence-corrected chi connectivity index (χ4v) is 2.82. The molecule has 4 nitrogen and oxygen atoms in total. The van der Waals surface area contributed by atoms with Crippen LogP contribution in [0.15, 0.2) is 24.3 Å². The molecule has 0 saturated carbocycles. The minimum absolute atomic E-state index is 0.663. The first-order valence-electron chi connectivity index (χ1n) is 7.85. The second-order valence-electron chi connectivity index (χ2n) is 6.34. The maximum atomic E-state index is 10.0. The van der Waals surface area contributed by atoms with Gasteiger partial charge in [-0.1, -0.05) is 25.1 Å². The van der Waals surface area contributed by atoms with Gasteiger partial charge in [0, 0.05) is 31.9 Å². The maximum absolute atomic E-state index is 10.0. The lowest BCUT2D eigenvalue weighted by Crippen LogP contribution is -2.39. The Bertz CT molecular complexity index is 437. The Hall–Kier alpha value is -1.10. The van der Waals surface area contributed by atoms with Crippen LogP contribution in [-0.4, -0.2) is 55.0 Å². The summed E-state index contributed by atoms with van der Waals surface area (Å²) in [5.74, 6) is 0. The number of likely N-dealkylation sites (N-methyl/N-ethyl adjacent to an activating group) is 1. The highest BCUT2D eigenvalue weighted by molar-refractivity contribution is 5.53. The lowest BCUT2D eigenvalue weighted by Gasteiger charge is -2.33. The van der Waals surface area contributed by atoms with E-state index in [9.17, 15) is 5.11 Å². The molecular formula is C17H28N2O2. The summed E-state index contributed by atoms with van der Waals surface area (Å²) in [6, 6.07) is 8.58. The Kier molecular flexibility index (Phi) is 5.62. The largest absolute Gasteiger partial charge is 0.389 e. The van der Waals surface area contributed by atoms with E-state index in [-0.39, 0.29) is 0 Å². The fourth-order valence-electron chi connectivity index (χ4n) is 2.82. The van der Waals surface area contributed by atoms with Gasteiger partial charge in [0.1, 0.15) is 0 Å². The van der Waals surface area contributed by atoms with Crippen molar-refractivity contribution in [2.75, 3.05) is 44.3 Å². The maximum Gasteiger partial charge on any atom is 0.0718 e. The molecule has 0 amide bonds. The first-order valence-corrected chi connectivity index (χ1v) is 7.85. The first-order chi connectivity index (χ1) is 9.99. The molecule has 1 aromatic rings. The topological polar surface area (TPSA) is 35.9 Å². The lowest BCUT2D eigenvalue weighted by molar-refractivity contribution is 0.0353. The Morgan fingerprint density at radius 3 is 2.52 bits per heavy atom. The normalized spacial score (nSPS) is 16.5. The number of nitrogens with zero attached hydrogens (tertiary/aromatic N) is 2. The predicted octanol–water partition coefficient (Wildman–Crippen LogP) is 2.12. The number of aliphatic hydroxyl groups is 1. The van der Waals surface area contributed by atoms with Gasteiger partial charge in [-0.15, -0.1) is 0 Å². The van der Waals surface area contributed by atoms with E-state index in [1.54, 1.807) is 0 Å². The SMILES string of the molecule is CCN(Cc1ccccc1N1CCOCC1)CC(C)(C)O. The summed E-state index contributed by atoms with van der Waals surface area (Å²) in [7, 11) is 0. The minimum Gasteiger partial charge on any atom is -0.389 e. The summed E-state index contributed by atoms with van der Waals surface area (Å²) in [4.78, 5) is 4.69. The van der Waals surface area contributed by atoms with Gasteiger partial charge in [-0.3, -0.25) is 4.90 Å². The summed E-state index contributed by atoms with van der Waals surface area (Å²) < 4.78 is 5.44. The Labute approximate surface area is 128 Å². The van der Waals surface area contributed by atoms with E-state index < -0.39 is 5.60 Å². The van der Waals surface area contributed by atoms with Gasteiger partial charge in [-0.2, -0.15) is 0 Å². The minimum atomic E-state index is -0.663. The van der Waals surface area contributed by atoms with Crippen LogP contribution in [0.25, 0.3) is 0 Å². The molecule has 0 aromatic heterocycles. The standard InChI is InChI=1S/C17H28N2O2/c1-4-18(14-17(2,3)20)13-15-7-5-6-8-16(15)19-9-11-21-12-10-19/h5-8,20H,4,9-14H2,1-3H3. The molecule has 1 fully saturated rings. The average molecular weight is 292 g/mol. The Morgan fingerprint density at radius 1 is 1.24 bits per heavy atom. The van der Waals surface area contributed by atoms with Crippen LogP contribution in [0.5, 0.6) is 0 Å². The van der Waals surface area contributed by atoms with Crippen LogP contribution in [0.4, 0.5) is 5.69 Å². The summed E-state index contributed by atoms with van der Waals surface area (Å²) in [6.45, 7) is 11.9. The number of morpholine rings is 1. The predicted molar refractivity (Wildman–Crippen MR) is 86.7 cm³/mol. The van der Waals surface area contributed by atoms with Gasteiger partial charge >= 0.3 is 0 Å². The first kappa shape index (κ1) is 16.3. The van der Waals surface area contributed by atoms with Crippen molar-refractivity contribution in [3.05, 3.63) is 29.8 Å². The molecule has 1 heterocycles. The highest BCUT2D eigenvalue weighted by Crippen LogP contribution is 2.23. The lowest BCUT2D eigenvalue weighted by atomic mass is 10.1. The summed E-state index contributed by atoms with van der Waals surface area (Å²) in [6.07, 6.45) is 0. The molecule has 1 aliphatic heterocycles. The van der Waals surface area contributed by atoms with Crippen LogP contribution >= 0.6 is 0 Å². The summed E-state index contributed by atoms with van der Waals surface area (Å²) >= 11 is 0. The van der Waals surface area contributed by atoms with Crippen molar-refractivity contribution in [2.45, 2.75) is 32.9 Å². The monoisotopic (exact) mass is 292 g/mol. The van der Waals surface area contributed by atoms with Crippen molar-refractivity contribution < 1.29 is 9.84 Å². The van der Waals surface area contributed by atoms with Gasteiger partial charge in [0.2, 0.25) is 0 Å². The molecule has 0 spiro atoms. The van der Waals surface area contributed by atoms with E-state index in [0.717, 1.165) is 39.4 Å². The van der Waals surface area contributed by atoms with Crippen molar-refractivity contribution in [1.82, 2.24) is 4.90 Å². The number of anilines is 1. The second kappa shape index (κ2) is 7.25. The molecule has 2 rings (SSSR count). The molecule has 21 heavy (non-hydrogen) atoms. The molecule has 118 valence electrons. The van der Waals surface area contributed by atoms with Crippen LogP contribution in [0, 0.1) is 0 Å². The highest BCUT2D eigenvalue weighted by atomic mass is 16.5. The van der Waals surface area contributed by atoms with Gasteiger partial charge in [0.15, 0.2) is 0 Å². The van der Waals surface area contributed by atoms with E-state index in [2.05, 4.69) is 41.0 Å². The van der Waals surface area contributed by atoms with Crippen molar-refractivity contribution in [3.8, 4) is 0 Å². The number of para-hydroxylation sites is 1. The zero-order chi connectivity index (χ0) is 15.3. The average Bonchev–Trinajstić information content (AvgIpc) is 2.46. The van der Waals surface area contributed by atoms with E-state index in [4.69, 9.17) is 4.74 Å². The van der Waals surface area contributed by atoms with Crippen LogP contribution in [-0.2, 0) is 11.3 Å².